The molecule has 4 aromatic rings. The highest BCUT2D eigenvalue weighted by Gasteiger charge is 2.24. The summed E-state index contributed by atoms with van der Waals surface area (Å²) in [6.07, 6.45) is 8.55. The normalized spacial score (nSPS) is 19.8. The summed E-state index contributed by atoms with van der Waals surface area (Å²) in [5, 5.41) is 5.81. The van der Waals surface area contributed by atoms with Crippen LogP contribution in [-0.2, 0) is 0 Å². The summed E-state index contributed by atoms with van der Waals surface area (Å²) in [5.41, 5.74) is 3.39. The molecule has 0 aliphatic heterocycles. The van der Waals surface area contributed by atoms with E-state index >= 15 is 0 Å². The lowest BCUT2D eigenvalue weighted by molar-refractivity contribution is 0.285. The van der Waals surface area contributed by atoms with Gasteiger partial charge in [0.1, 0.15) is 18.2 Å². The molecule has 1 aliphatic rings. The second kappa shape index (κ2) is 7.91. The first-order chi connectivity index (χ1) is 14.3. The fourth-order valence-electron chi connectivity index (χ4n) is 4.67. The highest BCUT2D eigenvalue weighted by molar-refractivity contribution is 5.85. The van der Waals surface area contributed by atoms with Gasteiger partial charge in [-0.15, -0.1) is 0 Å². The summed E-state index contributed by atoms with van der Waals surface area (Å²) >= 11 is 0. The largest absolute Gasteiger partial charge is 0.492 e. The van der Waals surface area contributed by atoms with Crippen molar-refractivity contribution in [2.75, 3.05) is 13.2 Å². The topological polar surface area (TPSA) is 52.8 Å². The molecule has 1 fully saturated rings. The number of halogens is 1. The molecule has 29 heavy (non-hydrogen) atoms. The summed E-state index contributed by atoms with van der Waals surface area (Å²) in [7, 11) is 0. The monoisotopic (exact) mass is 391 g/mol. The zero-order valence-corrected chi connectivity index (χ0v) is 16.4. The summed E-state index contributed by atoms with van der Waals surface area (Å²) in [6.45, 7) is 1.50. The number of aromatic amines is 2. The third kappa shape index (κ3) is 3.75. The molecule has 5 heteroatoms. The first-order valence-corrected chi connectivity index (χ1v) is 10.5. The van der Waals surface area contributed by atoms with E-state index in [1.165, 1.54) is 11.6 Å². The van der Waals surface area contributed by atoms with Gasteiger partial charge in [-0.05, 0) is 73.6 Å². The smallest absolute Gasteiger partial charge is 0.128 e. The van der Waals surface area contributed by atoms with Crippen LogP contribution in [0.2, 0.25) is 0 Å². The van der Waals surface area contributed by atoms with Crippen LogP contribution >= 0.6 is 0 Å². The molecule has 0 radical (unpaired) electrons. The molecule has 2 aromatic carbocycles. The molecule has 0 atom stereocenters. The van der Waals surface area contributed by atoms with Crippen molar-refractivity contribution in [3.05, 3.63) is 66.2 Å². The molecule has 5 rings (SSSR count). The van der Waals surface area contributed by atoms with Crippen molar-refractivity contribution < 1.29 is 9.13 Å². The standard InChI is InChI=1S/C24H26FN3O/c25-17-6-9-23-20(14-17)21(15-28-23)16-4-7-18(8-5-16)26-12-13-29-24-3-1-2-22-19(24)10-11-27-22/h1-3,6,9-11,14-16,18,26-28H,4-5,7-8,12-13H2. The van der Waals surface area contributed by atoms with Crippen LogP contribution in [0.25, 0.3) is 21.8 Å². The lowest BCUT2D eigenvalue weighted by atomic mass is 9.81. The van der Waals surface area contributed by atoms with Gasteiger partial charge in [-0.1, -0.05) is 6.07 Å². The predicted octanol–water partition coefficient (Wildman–Crippen LogP) is 5.48. The van der Waals surface area contributed by atoms with E-state index in [1.807, 2.05) is 24.4 Å². The summed E-state index contributed by atoms with van der Waals surface area (Å²) in [5.74, 6) is 1.27. The minimum atomic E-state index is -0.163. The fraction of sp³-hybridized carbons (Fsp3) is 0.333. The van der Waals surface area contributed by atoms with E-state index in [-0.39, 0.29) is 5.82 Å². The average molecular weight is 391 g/mol. The van der Waals surface area contributed by atoms with E-state index in [0.29, 0.717) is 18.6 Å². The zero-order chi connectivity index (χ0) is 19.6. The van der Waals surface area contributed by atoms with Crippen LogP contribution in [0, 0.1) is 5.82 Å². The Kier molecular flexibility index (Phi) is 4.98. The number of ether oxygens (including phenoxy) is 1. The van der Waals surface area contributed by atoms with Crippen molar-refractivity contribution in [2.24, 2.45) is 0 Å². The fourth-order valence-corrected chi connectivity index (χ4v) is 4.67. The Morgan fingerprint density at radius 3 is 2.72 bits per heavy atom. The molecule has 0 amide bonds. The van der Waals surface area contributed by atoms with Gasteiger partial charge in [0, 0.05) is 46.8 Å². The molecular weight excluding hydrogens is 365 g/mol. The summed E-state index contributed by atoms with van der Waals surface area (Å²) in [4.78, 5) is 6.50. The van der Waals surface area contributed by atoms with Crippen molar-refractivity contribution in [1.29, 1.82) is 0 Å². The van der Waals surface area contributed by atoms with Crippen LogP contribution in [0.5, 0.6) is 5.75 Å². The first-order valence-electron chi connectivity index (χ1n) is 10.5. The molecular formula is C24H26FN3O. The molecule has 150 valence electrons. The van der Waals surface area contributed by atoms with E-state index in [0.717, 1.165) is 59.8 Å². The SMILES string of the molecule is Fc1ccc2[nH]cc(C3CCC(NCCOc4cccc5[nH]ccc45)CC3)c2c1. The van der Waals surface area contributed by atoms with Crippen molar-refractivity contribution >= 4 is 21.8 Å². The Hall–Kier alpha value is -2.79. The number of nitrogens with one attached hydrogen (secondary N) is 3. The molecule has 0 spiro atoms. The van der Waals surface area contributed by atoms with Gasteiger partial charge in [0.15, 0.2) is 0 Å². The van der Waals surface area contributed by atoms with E-state index in [9.17, 15) is 4.39 Å². The quantitative estimate of drug-likeness (QED) is 0.381. The Bertz CT molecular complexity index is 1110. The van der Waals surface area contributed by atoms with Gasteiger partial charge in [-0.3, -0.25) is 0 Å². The van der Waals surface area contributed by atoms with Gasteiger partial charge in [-0.2, -0.15) is 0 Å². The van der Waals surface area contributed by atoms with Crippen LogP contribution < -0.4 is 10.1 Å². The third-order valence-corrected chi connectivity index (χ3v) is 6.19. The summed E-state index contributed by atoms with van der Waals surface area (Å²) < 4.78 is 19.6. The number of hydrogen-bond donors (Lipinski definition) is 3. The highest BCUT2D eigenvalue weighted by atomic mass is 19.1. The lowest BCUT2D eigenvalue weighted by Crippen LogP contribution is -2.35. The zero-order valence-electron chi connectivity index (χ0n) is 16.4. The van der Waals surface area contributed by atoms with Gasteiger partial charge in [-0.25, -0.2) is 4.39 Å². The molecule has 4 nitrogen and oxygen atoms in total. The molecule has 1 aliphatic carbocycles. The van der Waals surface area contributed by atoms with Gasteiger partial charge >= 0.3 is 0 Å². The Morgan fingerprint density at radius 1 is 0.966 bits per heavy atom. The second-order valence-corrected chi connectivity index (χ2v) is 7.98. The Labute approximate surface area is 169 Å². The summed E-state index contributed by atoms with van der Waals surface area (Å²) in [6, 6.07) is 13.7. The number of H-pyrrole nitrogens is 2. The van der Waals surface area contributed by atoms with E-state index in [2.05, 4.69) is 33.6 Å². The molecule has 2 aromatic heterocycles. The molecule has 1 saturated carbocycles. The van der Waals surface area contributed by atoms with Crippen molar-refractivity contribution in [3.8, 4) is 5.75 Å². The van der Waals surface area contributed by atoms with Gasteiger partial charge < -0.3 is 20.0 Å². The van der Waals surface area contributed by atoms with E-state index in [1.54, 1.807) is 6.07 Å². The molecule has 2 heterocycles. The molecule has 0 unspecified atom stereocenters. The van der Waals surface area contributed by atoms with Crippen molar-refractivity contribution in [2.45, 2.75) is 37.6 Å². The van der Waals surface area contributed by atoms with Gasteiger partial charge in [0.2, 0.25) is 0 Å². The van der Waals surface area contributed by atoms with Crippen LogP contribution in [0.1, 0.15) is 37.2 Å². The van der Waals surface area contributed by atoms with Crippen LogP contribution in [0.4, 0.5) is 4.39 Å². The maximum atomic E-state index is 13.6. The van der Waals surface area contributed by atoms with Crippen molar-refractivity contribution in [1.82, 2.24) is 15.3 Å². The number of rotatable bonds is 6. The second-order valence-electron chi connectivity index (χ2n) is 7.98. The van der Waals surface area contributed by atoms with Gasteiger partial charge in [0.25, 0.3) is 0 Å². The first kappa shape index (κ1) is 18.3. The molecule has 0 bridgehead atoms. The van der Waals surface area contributed by atoms with Crippen molar-refractivity contribution in [3.63, 3.8) is 0 Å². The molecule has 3 N–H and O–H groups in total. The number of aromatic nitrogens is 2. The van der Waals surface area contributed by atoms with E-state index < -0.39 is 0 Å². The number of hydrogen-bond acceptors (Lipinski definition) is 2. The minimum absolute atomic E-state index is 0.163. The molecule has 0 saturated heterocycles. The minimum Gasteiger partial charge on any atom is -0.492 e. The highest BCUT2D eigenvalue weighted by Crippen LogP contribution is 2.36. The number of fused-ring (bicyclic) bond motifs is 2. The van der Waals surface area contributed by atoms with Crippen LogP contribution in [0.15, 0.2) is 54.9 Å². The third-order valence-electron chi connectivity index (χ3n) is 6.19. The average Bonchev–Trinajstić information content (AvgIpc) is 3.39. The Balaban J connectivity index is 1.12. The Morgan fingerprint density at radius 2 is 1.83 bits per heavy atom. The van der Waals surface area contributed by atoms with E-state index in [4.69, 9.17) is 4.74 Å². The van der Waals surface area contributed by atoms with Gasteiger partial charge in [0.05, 0.1) is 0 Å². The lowest BCUT2D eigenvalue weighted by Gasteiger charge is -2.29. The maximum Gasteiger partial charge on any atom is 0.128 e. The predicted molar refractivity (Wildman–Crippen MR) is 115 cm³/mol. The van der Waals surface area contributed by atoms with Crippen LogP contribution in [-0.4, -0.2) is 29.2 Å². The maximum absolute atomic E-state index is 13.6. The van der Waals surface area contributed by atoms with Crippen LogP contribution in [0.3, 0.4) is 0 Å². The number of benzene rings is 2.